The van der Waals surface area contributed by atoms with E-state index in [1.165, 1.54) is 37.7 Å². The van der Waals surface area contributed by atoms with Crippen LogP contribution in [-0.2, 0) is 6.42 Å². The molecule has 1 aromatic rings. The van der Waals surface area contributed by atoms with E-state index in [0.29, 0.717) is 5.38 Å². The van der Waals surface area contributed by atoms with E-state index in [1.54, 1.807) is 0 Å². The van der Waals surface area contributed by atoms with Crippen molar-refractivity contribution in [3.63, 3.8) is 0 Å². The number of rotatable bonds is 3. The summed E-state index contributed by atoms with van der Waals surface area (Å²) >= 11 is 9.98. The largest absolute Gasteiger partial charge is 0.122 e. The van der Waals surface area contributed by atoms with Crippen LogP contribution in [0.5, 0.6) is 0 Å². The van der Waals surface area contributed by atoms with Gasteiger partial charge in [0.25, 0.3) is 0 Å². The molecule has 1 fully saturated rings. The van der Waals surface area contributed by atoms with Crippen molar-refractivity contribution < 1.29 is 0 Å². The first-order valence-corrected chi connectivity index (χ1v) is 7.37. The average Bonchev–Trinajstić information content (AvgIpc) is 2.33. The van der Waals surface area contributed by atoms with Crippen LogP contribution in [0.4, 0.5) is 0 Å². The second-order valence-corrected chi connectivity index (χ2v) is 6.22. The van der Waals surface area contributed by atoms with Crippen LogP contribution in [0.15, 0.2) is 28.7 Å². The van der Waals surface area contributed by atoms with E-state index in [0.717, 1.165) is 16.8 Å². The van der Waals surface area contributed by atoms with Crippen LogP contribution in [0.25, 0.3) is 0 Å². The van der Waals surface area contributed by atoms with Gasteiger partial charge in [0.05, 0.1) is 0 Å². The number of hydrogen-bond donors (Lipinski definition) is 0. The second kappa shape index (κ2) is 6.07. The molecule has 0 aliphatic heterocycles. The van der Waals surface area contributed by atoms with Gasteiger partial charge in [-0.1, -0.05) is 47.3 Å². The van der Waals surface area contributed by atoms with E-state index in [9.17, 15) is 0 Å². The molecule has 0 N–H and O–H groups in total. The standard InChI is InChI=1S/C14H18BrCl/c15-13-8-6-11(7-9-13)10-14(16)12-4-2-1-3-5-12/h6-9,12,14H,1-5,10H2. The summed E-state index contributed by atoms with van der Waals surface area (Å²) in [6, 6.07) is 8.53. The minimum atomic E-state index is 0.321. The molecular formula is C14H18BrCl. The number of halogens is 2. The Kier molecular flexibility index (Phi) is 4.72. The summed E-state index contributed by atoms with van der Waals surface area (Å²) in [7, 11) is 0. The van der Waals surface area contributed by atoms with E-state index >= 15 is 0 Å². The Labute approximate surface area is 112 Å². The molecule has 0 heterocycles. The van der Waals surface area contributed by atoms with Crippen molar-refractivity contribution >= 4 is 27.5 Å². The molecule has 0 amide bonds. The molecule has 88 valence electrons. The zero-order valence-corrected chi connectivity index (χ0v) is 11.8. The van der Waals surface area contributed by atoms with Gasteiger partial charge < -0.3 is 0 Å². The van der Waals surface area contributed by atoms with Crippen LogP contribution in [0, 0.1) is 5.92 Å². The average molecular weight is 302 g/mol. The maximum absolute atomic E-state index is 6.52. The van der Waals surface area contributed by atoms with E-state index in [1.807, 2.05) is 0 Å². The molecule has 2 rings (SSSR count). The van der Waals surface area contributed by atoms with Crippen molar-refractivity contribution in [3.8, 4) is 0 Å². The highest BCUT2D eigenvalue weighted by Crippen LogP contribution is 2.31. The van der Waals surface area contributed by atoms with Gasteiger partial charge in [0.2, 0.25) is 0 Å². The van der Waals surface area contributed by atoms with Crippen molar-refractivity contribution in [1.82, 2.24) is 0 Å². The van der Waals surface area contributed by atoms with E-state index in [-0.39, 0.29) is 0 Å². The van der Waals surface area contributed by atoms with Gasteiger partial charge in [-0.05, 0) is 42.9 Å². The first-order chi connectivity index (χ1) is 7.75. The van der Waals surface area contributed by atoms with Crippen molar-refractivity contribution in [1.29, 1.82) is 0 Å². The van der Waals surface area contributed by atoms with Crippen LogP contribution in [0.2, 0.25) is 0 Å². The third kappa shape index (κ3) is 3.49. The van der Waals surface area contributed by atoms with Gasteiger partial charge in [-0.3, -0.25) is 0 Å². The van der Waals surface area contributed by atoms with Gasteiger partial charge in [0.15, 0.2) is 0 Å². The predicted molar refractivity (Wildman–Crippen MR) is 74.1 cm³/mol. The molecule has 1 aliphatic carbocycles. The molecule has 16 heavy (non-hydrogen) atoms. The van der Waals surface area contributed by atoms with Crippen molar-refractivity contribution in [2.75, 3.05) is 0 Å². The predicted octanol–water partition coefficient (Wildman–Crippen LogP) is 5.18. The Morgan fingerprint density at radius 1 is 1.12 bits per heavy atom. The third-order valence-corrected chi connectivity index (χ3v) is 4.54. The lowest BCUT2D eigenvalue weighted by molar-refractivity contribution is 0.344. The van der Waals surface area contributed by atoms with E-state index in [2.05, 4.69) is 40.2 Å². The molecule has 1 saturated carbocycles. The maximum atomic E-state index is 6.52. The highest BCUT2D eigenvalue weighted by molar-refractivity contribution is 9.10. The lowest BCUT2D eigenvalue weighted by Gasteiger charge is -2.26. The zero-order valence-electron chi connectivity index (χ0n) is 9.46. The quantitative estimate of drug-likeness (QED) is 0.675. The van der Waals surface area contributed by atoms with Gasteiger partial charge in [0.1, 0.15) is 0 Å². The van der Waals surface area contributed by atoms with Gasteiger partial charge >= 0.3 is 0 Å². The summed E-state index contributed by atoms with van der Waals surface area (Å²) in [4.78, 5) is 0. The smallest absolute Gasteiger partial charge is 0.0404 e. The monoisotopic (exact) mass is 300 g/mol. The molecule has 0 saturated heterocycles. The highest BCUT2D eigenvalue weighted by Gasteiger charge is 2.21. The Morgan fingerprint density at radius 3 is 2.38 bits per heavy atom. The second-order valence-electron chi connectivity index (χ2n) is 4.74. The van der Waals surface area contributed by atoms with Crippen molar-refractivity contribution in [2.45, 2.75) is 43.9 Å². The molecule has 0 spiro atoms. The SMILES string of the molecule is ClC(Cc1ccc(Br)cc1)C1CCCCC1. The summed E-state index contributed by atoms with van der Waals surface area (Å²) < 4.78 is 1.14. The zero-order chi connectivity index (χ0) is 11.4. The van der Waals surface area contributed by atoms with Crippen molar-refractivity contribution in [2.24, 2.45) is 5.92 Å². The Balaban J connectivity index is 1.90. The molecule has 0 nitrogen and oxygen atoms in total. The lowest BCUT2D eigenvalue weighted by Crippen LogP contribution is -2.20. The van der Waals surface area contributed by atoms with Crippen LogP contribution >= 0.6 is 27.5 Å². The van der Waals surface area contributed by atoms with Gasteiger partial charge in [-0.25, -0.2) is 0 Å². The first-order valence-electron chi connectivity index (χ1n) is 6.14. The summed E-state index contributed by atoms with van der Waals surface area (Å²) in [5, 5.41) is 0.321. The molecule has 1 atom stereocenters. The minimum Gasteiger partial charge on any atom is -0.122 e. The Morgan fingerprint density at radius 2 is 1.75 bits per heavy atom. The van der Waals surface area contributed by atoms with Crippen LogP contribution in [0.3, 0.4) is 0 Å². The van der Waals surface area contributed by atoms with E-state index < -0.39 is 0 Å². The molecule has 0 radical (unpaired) electrons. The molecule has 1 aromatic carbocycles. The van der Waals surface area contributed by atoms with E-state index in [4.69, 9.17) is 11.6 Å². The fraction of sp³-hybridized carbons (Fsp3) is 0.571. The summed E-state index contributed by atoms with van der Waals surface area (Å²) in [5.41, 5.74) is 1.36. The molecule has 1 aliphatic rings. The highest BCUT2D eigenvalue weighted by atomic mass is 79.9. The van der Waals surface area contributed by atoms with Crippen LogP contribution < -0.4 is 0 Å². The Bertz CT molecular complexity index is 314. The number of alkyl halides is 1. The third-order valence-electron chi connectivity index (χ3n) is 3.51. The first kappa shape index (κ1) is 12.4. The topological polar surface area (TPSA) is 0 Å². The molecule has 1 unspecified atom stereocenters. The maximum Gasteiger partial charge on any atom is 0.0404 e. The fourth-order valence-electron chi connectivity index (χ4n) is 2.51. The van der Waals surface area contributed by atoms with Gasteiger partial charge in [-0.15, -0.1) is 11.6 Å². The van der Waals surface area contributed by atoms with Crippen LogP contribution in [0.1, 0.15) is 37.7 Å². The van der Waals surface area contributed by atoms with Crippen molar-refractivity contribution in [3.05, 3.63) is 34.3 Å². The molecular weight excluding hydrogens is 284 g/mol. The fourth-order valence-corrected chi connectivity index (χ4v) is 3.20. The van der Waals surface area contributed by atoms with Crippen LogP contribution in [-0.4, -0.2) is 5.38 Å². The molecule has 2 heteroatoms. The normalized spacial score (nSPS) is 19.6. The number of benzene rings is 1. The summed E-state index contributed by atoms with van der Waals surface area (Å²) in [6.07, 6.45) is 7.80. The lowest BCUT2D eigenvalue weighted by atomic mass is 9.85. The van der Waals surface area contributed by atoms with Gasteiger partial charge in [0, 0.05) is 9.85 Å². The summed E-state index contributed by atoms with van der Waals surface area (Å²) in [6.45, 7) is 0. The molecule has 0 bridgehead atoms. The Hall–Kier alpha value is -0.0100. The molecule has 0 aromatic heterocycles. The van der Waals surface area contributed by atoms with Gasteiger partial charge in [-0.2, -0.15) is 0 Å². The minimum absolute atomic E-state index is 0.321. The number of hydrogen-bond acceptors (Lipinski definition) is 0. The summed E-state index contributed by atoms with van der Waals surface area (Å²) in [5.74, 6) is 0.735.